The molecule has 1 aromatic carbocycles. The molecule has 0 saturated carbocycles. The van der Waals surface area contributed by atoms with Gasteiger partial charge in [0.25, 0.3) is 0 Å². The van der Waals surface area contributed by atoms with Crippen LogP contribution in [0.1, 0.15) is 28.4 Å². The highest BCUT2D eigenvalue weighted by atomic mass is 16.5. The highest BCUT2D eigenvalue weighted by molar-refractivity contribution is 5.84. The Balaban J connectivity index is 3.11. The summed E-state index contributed by atoms with van der Waals surface area (Å²) in [5, 5.41) is 18.3. The number of aromatic hydroxyl groups is 1. The maximum atomic E-state index is 11.3. The molecule has 88 valence electrons. The van der Waals surface area contributed by atoms with E-state index in [2.05, 4.69) is 0 Å². The molecule has 17 heavy (non-hydrogen) atoms. The van der Waals surface area contributed by atoms with E-state index in [1.807, 2.05) is 6.07 Å². The van der Waals surface area contributed by atoms with Gasteiger partial charge in [0.2, 0.25) is 0 Å². The van der Waals surface area contributed by atoms with Crippen LogP contribution in [0.3, 0.4) is 0 Å². The van der Waals surface area contributed by atoms with E-state index >= 15 is 0 Å². The van der Waals surface area contributed by atoms with Crippen LogP contribution in [0.5, 0.6) is 5.75 Å². The molecular formula is C12H11NO4. The lowest BCUT2D eigenvalue weighted by Crippen LogP contribution is -2.09. The molecule has 0 bridgehead atoms. The fraction of sp³-hybridized carbons (Fsp3) is 0.250. The Hall–Kier alpha value is -2.35. The van der Waals surface area contributed by atoms with Gasteiger partial charge in [-0.15, -0.1) is 0 Å². The normalized spacial score (nSPS) is 9.41. The van der Waals surface area contributed by atoms with Gasteiger partial charge >= 0.3 is 5.97 Å². The number of phenols is 1. The number of nitrogens with zero attached hydrogens (tertiary/aromatic N) is 1. The van der Waals surface area contributed by atoms with Crippen molar-refractivity contribution in [1.29, 1.82) is 5.26 Å². The number of phenolic OH excluding ortho intramolecular Hbond substituents is 1. The molecule has 0 aromatic heterocycles. The van der Waals surface area contributed by atoms with Crippen molar-refractivity contribution in [2.45, 2.75) is 13.3 Å². The largest absolute Gasteiger partial charge is 0.508 e. The van der Waals surface area contributed by atoms with Gasteiger partial charge in [-0.1, -0.05) is 0 Å². The predicted molar refractivity (Wildman–Crippen MR) is 58.5 cm³/mol. The summed E-state index contributed by atoms with van der Waals surface area (Å²) in [6.07, 6.45) is 0.300. The summed E-state index contributed by atoms with van der Waals surface area (Å²) in [4.78, 5) is 22.1. The smallest absolute Gasteiger partial charge is 0.310 e. The van der Waals surface area contributed by atoms with E-state index in [0.717, 1.165) is 0 Å². The molecule has 5 nitrogen and oxygen atoms in total. The second-order valence-corrected chi connectivity index (χ2v) is 3.27. The summed E-state index contributed by atoms with van der Waals surface area (Å²) in [5.74, 6) is -0.783. The summed E-state index contributed by atoms with van der Waals surface area (Å²) in [5.41, 5.74) is 0.462. The second-order valence-electron chi connectivity index (χ2n) is 3.27. The van der Waals surface area contributed by atoms with Crippen molar-refractivity contribution in [3.05, 3.63) is 28.8 Å². The fourth-order valence-corrected chi connectivity index (χ4v) is 1.40. The third-order valence-corrected chi connectivity index (χ3v) is 2.14. The van der Waals surface area contributed by atoms with E-state index in [0.29, 0.717) is 6.29 Å². The van der Waals surface area contributed by atoms with Crippen LogP contribution in [0.4, 0.5) is 0 Å². The van der Waals surface area contributed by atoms with Gasteiger partial charge in [0.05, 0.1) is 24.7 Å². The van der Waals surface area contributed by atoms with Crippen molar-refractivity contribution in [2.24, 2.45) is 0 Å². The number of aldehydes is 1. The number of esters is 1. The number of ether oxygens (including phenoxy) is 1. The molecule has 1 aromatic rings. The first-order valence-corrected chi connectivity index (χ1v) is 4.99. The summed E-state index contributed by atoms with van der Waals surface area (Å²) in [6, 6.07) is 4.34. The number of carbonyl (C=O) groups is 2. The number of rotatable bonds is 4. The highest BCUT2D eigenvalue weighted by Crippen LogP contribution is 2.23. The van der Waals surface area contributed by atoms with Crippen molar-refractivity contribution in [1.82, 2.24) is 0 Å². The molecule has 1 N–H and O–H groups in total. The predicted octanol–water partition coefficient (Wildman–Crippen LogP) is 1.18. The van der Waals surface area contributed by atoms with Gasteiger partial charge in [0.15, 0.2) is 6.29 Å². The Bertz CT molecular complexity index is 488. The summed E-state index contributed by atoms with van der Waals surface area (Å²) < 4.78 is 4.73. The van der Waals surface area contributed by atoms with Gasteiger partial charge in [0.1, 0.15) is 5.75 Å². The Morgan fingerprint density at radius 2 is 2.29 bits per heavy atom. The first-order chi connectivity index (χ1) is 8.12. The Morgan fingerprint density at radius 1 is 1.59 bits per heavy atom. The Labute approximate surface area is 98.2 Å². The maximum absolute atomic E-state index is 11.3. The lowest BCUT2D eigenvalue weighted by atomic mass is 10.0. The average Bonchev–Trinajstić information content (AvgIpc) is 2.31. The molecule has 0 unspecified atom stereocenters. The van der Waals surface area contributed by atoms with E-state index in [1.165, 1.54) is 12.1 Å². The highest BCUT2D eigenvalue weighted by Gasteiger charge is 2.14. The minimum absolute atomic E-state index is 0.120. The van der Waals surface area contributed by atoms with Crippen LogP contribution in [-0.2, 0) is 16.0 Å². The molecule has 0 aliphatic heterocycles. The van der Waals surface area contributed by atoms with E-state index in [9.17, 15) is 14.7 Å². The number of hydrogen-bond donors (Lipinski definition) is 1. The number of nitriles is 1. The molecule has 0 saturated heterocycles. The first kappa shape index (κ1) is 12.7. The molecule has 0 amide bonds. The third-order valence-electron chi connectivity index (χ3n) is 2.14. The van der Waals surface area contributed by atoms with Crippen LogP contribution >= 0.6 is 0 Å². The van der Waals surface area contributed by atoms with Crippen molar-refractivity contribution in [3.63, 3.8) is 0 Å². The molecule has 1 rings (SSSR count). The van der Waals surface area contributed by atoms with Crippen LogP contribution in [0.2, 0.25) is 0 Å². The van der Waals surface area contributed by atoms with Gasteiger partial charge < -0.3 is 9.84 Å². The molecule has 0 heterocycles. The van der Waals surface area contributed by atoms with E-state index in [1.54, 1.807) is 6.92 Å². The van der Waals surface area contributed by atoms with Crippen molar-refractivity contribution < 1.29 is 19.4 Å². The van der Waals surface area contributed by atoms with Crippen molar-refractivity contribution in [3.8, 4) is 11.8 Å². The zero-order chi connectivity index (χ0) is 12.8. The standard InChI is InChI=1S/C12H11NO4/c1-2-17-12(16)5-10-9(7-14)3-8(6-13)4-11(10)15/h3-4,7,15H,2,5H2,1H3. The maximum Gasteiger partial charge on any atom is 0.310 e. The molecule has 0 aliphatic rings. The lowest BCUT2D eigenvalue weighted by Gasteiger charge is -2.07. The summed E-state index contributed by atoms with van der Waals surface area (Å²) >= 11 is 0. The topological polar surface area (TPSA) is 87.4 Å². The molecule has 0 atom stereocenters. The van der Waals surface area contributed by atoms with E-state index in [4.69, 9.17) is 10.00 Å². The van der Waals surface area contributed by atoms with E-state index in [-0.39, 0.29) is 35.5 Å². The SMILES string of the molecule is CCOC(=O)Cc1c(O)cc(C#N)cc1C=O. The summed E-state index contributed by atoms with van der Waals surface area (Å²) in [6.45, 7) is 1.89. The number of benzene rings is 1. The average molecular weight is 233 g/mol. The van der Waals surface area contributed by atoms with Gasteiger partial charge in [0, 0.05) is 11.1 Å². The Morgan fingerprint density at radius 3 is 2.82 bits per heavy atom. The minimum atomic E-state index is -0.532. The number of hydrogen-bond acceptors (Lipinski definition) is 5. The van der Waals surface area contributed by atoms with Crippen LogP contribution in [0.25, 0.3) is 0 Å². The minimum Gasteiger partial charge on any atom is -0.508 e. The fourth-order valence-electron chi connectivity index (χ4n) is 1.40. The molecule has 0 aliphatic carbocycles. The quantitative estimate of drug-likeness (QED) is 0.623. The van der Waals surface area contributed by atoms with Crippen molar-refractivity contribution >= 4 is 12.3 Å². The van der Waals surface area contributed by atoms with Crippen LogP contribution in [0, 0.1) is 11.3 Å². The van der Waals surface area contributed by atoms with Gasteiger partial charge in [-0.25, -0.2) is 0 Å². The Kier molecular flexibility index (Phi) is 4.23. The van der Waals surface area contributed by atoms with Crippen molar-refractivity contribution in [2.75, 3.05) is 6.61 Å². The van der Waals surface area contributed by atoms with Crippen LogP contribution in [0.15, 0.2) is 12.1 Å². The third kappa shape index (κ3) is 3.05. The molecule has 5 heteroatoms. The van der Waals surface area contributed by atoms with Gasteiger partial charge in [-0.3, -0.25) is 9.59 Å². The van der Waals surface area contributed by atoms with E-state index < -0.39 is 5.97 Å². The monoisotopic (exact) mass is 233 g/mol. The van der Waals surface area contributed by atoms with Crippen LogP contribution < -0.4 is 0 Å². The zero-order valence-electron chi connectivity index (χ0n) is 9.27. The molecule has 0 fully saturated rings. The summed E-state index contributed by atoms with van der Waals surface area (Å²) in [7, 11) is 0. The zero-order valence-corrected chi connectivity index (χ0v) is 9.27. The first-order valence-electron chi connectivity index (χ1n) is 4.99. The van der Waals surface area contributed by atoms with Gasteiger partial charge in [-0.05, 0) is 19.1 Å². The van der Waals surface area contributed by atoms with Crippen LogP contribution in [-0.4, -0.2) is 24.0 Å². The number of carbonyl (C=O) groups excluding carboxylic acids is 2. The molecular weight excluding hydrogens is 222 g/mol. The lowest BCUT2D eigenvalue weighted by molar-refractivity contribution is -0.142. The van der Waals surface area contributed by atoms with Gasteiger partial charge in [-0.2, -0.15) is 5.26 Å². The molecule has 0 spiro atoms. The molecule has 0 radical (unpaired) electrons. The second kappa shape index (κ2) is 5.66.